The zero-order chi connectivity index (χ0) is 19.3. The first kappa shape index (κ1) is 18.9. The molecule has 0 atom stereocenters. The summed E-state index contributed by atoms with van der Waals surface area (Å²) in [4.78, 5) is 23.5. The Kier molecular flexibility index (Phi) is 5.86. The van der Waals surface area contributed by atoms with Crippen molar-refractivity contribution < 1.29 is 4.79 Å². The number of nitrogens with zero attached hydrogens (tertiary/aromatic N) is 4. The van der Waals surface area contributed by atoms with Crippen molar-refractivity contribution in [3.8, 4) is 0 Å². The van der Waals surface area contributed by atoms with E-state index in [1.165, 1.54) is 0 Å². The maximum atomic E-state index is 12.7. The van der Waals surface area contributed by atoms with Gasteiger partial charge in [-0.2, -0.15) is 0 Å². The molecule has 0 spiro atoms. The Hall–Kier alpha value is -2.47. The number of amides is 2. The molecule has 0 bridgehead atoms. The number of carbonyl (C=O) groups is 1. The van der Waals surface area contributed by atoms with E-state index in [1.54, 1.807) is 0 Å². The molecule has 7 heteroatoms. The number of piperazine rings is 1. The third-order valence-electron chi connectivity index (χ3n) is 5.56. The number of hydrogen-bond donors (Lipinski definition) is 1. The van der Waals surface area contributed by atoms with E-state index >= 15 is 0 Å². The third-order valence-corrected chi connectivity index (χ3v) is 5.88. The van der Waals surface area contributed by atoms with E-state index in [4.69, 9.17) is 11.6 Å². The van der Waals surface area contributed by atoms with Crippen molar-refractivity contribution in [2.45, 2.75) is 18.9 Å². The van der Waals surface area contributed by atoms with Gasteiger partial charge >= 0.3 is 6.03 Å². The summed E-state index contributed by atoms with van der Waals surface area (Å²) >= 11 is 6.30. The van der Waals surface area contributed by atoms with Crippen LogP contribution in [0.5, 0.6) is 0 Å². The lowest BCUT2D eigenvalue weighted by atomic mass is 10.1. The van der Waals surface area contributed by atoms with Crippen LogP contribution in [0.3, 0.4) is 0 Å². The van der Waals surface area contributed by atoms with Crippen molar-refractivity contribution >= 4 is 29.1 Å². The number of hydrogen-bond acceptors (Lipinski definition) is 4. The molecule has 0 unspecified atom stereocenters. The fraction of sp³-hybridized carbons (Fsp3) is 0.429. The van der Waals surface area contributed by atoms with Crippen LogP contribution in [0.2, 0.25) is 5.02 Å². The minimum absolute atomic E-state index is 0.0510. The number of rotatable bonds is 3. The zero-order valence-electron chi connectivity index (χ0n) is 15.9. The SMILES string of the molecule is O=C(NC1CCN(c2ccccn2)CC1)N1CCN(c2ccccc2Cl)CC1. The summed E-state index contributed by atoms with van der Waals surface area (Å²) in [7, 11) is 0. The molecule has 6 nitrogen and oxygen atoms in total. The molecule has 2 amide bonds. The fourth-order valence-electron chi connectivity index (χ4n) is 3.92. The summed E-state index contributed by atoms with van der Waals surface area (Å²) < 4.78 is 0. The molecule has 2 aliphatic rings. The van der Waals surface area contributed by atoms with Gasteiger partial charge in [0.1, 0.15) is 5.82 Å². The van der Waals surface area contributed by atoms with Crippen LogP contribution in [-0.2, 0) is 0 Å². The highest BCUT2D eigenvalue weighted by molar-refractivity contribution is 6.33. The molecule has 2 fully saturated rings. The summed E-state index contributed by atoms with van der Waals surface area (Å²) in [6.45, 7) is 4.86. The number of para-hydroxylation sites is 1. The number of carbonyl (C=O) groups excluding carboxylic acids is 1. The molecule has 1 aromatic carbocycles. The van der Waals surface area contributed by atoms with Crippen molar-refractivity contribution in [1.82, 2.24) is 15.2 Å². The number of benzene rings is 1. The second-order valence-corrected chi connectivity index (χ2v) is 7.73. The minimum atomic E-state index is 0.0510. The summed E-state index contributed by atoms with van der Waals surface area (Å²) in [6, 6.07) is 14.1. The van der Waals surface area contributed by atoms with Crippen molar-refractivity contribution in [2.75, 3.05) is 49.1 Å². The highest BCUT2D eigenvalue weighted by Gasteiger charge is 2.26. The lowest BCUT2D eigenvalue weighted by molar-refractivity contribution is 0.188. The summed E-state index contributed by atoms with van der Waals surface area (Å²) in [5, 5.41) is 3.99. The Morgan fingerprint density at radius 3 is 2.32 bits per heavy atom. The van der Waals surface area contributed by atoms with Gasteiger partial charge in [0.15, 0.2) is 0 Å². The number of halogens is 1. The van der Waals surface area contributed by atoms with Gasteiger partial charge in [0.2, 0.25) is 0 Å². The van der Waals surface area contributed by atoms with E-state index in [-0.39, 0.29) is 12.1 Å². The Bertz CT molecular complexity index is 786. The first-order chi connectivity index (χ1) is 13.7. The van der Waals surface area contributed by atoms with Crippen LogP contribution in [0.15, 0.2) is 48.7 Å². The molecule has 2 saturated heterocycles. The van der Waals surface area contributed by atoms with Crippen molar-refractivity contribution in [2.24, 2.45) is 0 Å². The zero-order valence-corrected chi connectivity index (χ0v) is 16.7. The first-order valence-electron chi connectivity index (χ1n) is 9.91. The van der Waals surface area contributed by atoms with Gasteiger partial charge in [0.05, 0.1) is 10.7 Å². The number of nitrogens with one attached hydrogen (secondary N) is 1. The molecule has 1 N–H and O–H groups in total. The van der Waals surface area contributed by atoms with Gasteiger partial charge in [-0.15, -0.1) is 0 Å². The van der Waals surface area contributed by atoms with Crippen LogP contribution >= 0.6 is 11.6 Å². The molecule has 28 heavy (non-hydrogen) atoms. The second-order valence-electron chi connectivity index (χ2n) is 7.32. The van der Waals surface area contributed by atoms with Gasteiger partial charge in [-0.3, -0.25) is 0 Å². The maximum Gasteiger partial charge on any atom is 0.317 e. The van der Waals surface area contributed by atoms with E-state index in [9.17, 15) is 4.79 Å². The molecular weight excluding hydrogens is 374 g/mol. The second kappa shape index (κ2) is 8.69. The number of pyridine rings is 1. The maximum absolute atomic E-state index is 12.7. The predicted octanol–water partition coefficient (Wildman–Crippen LogP) is 3.24. The van der Waals surface area contributed by atoms with Crippen LogP contribution in [0.4, 0.5) is 16.3 Å². The number of anilines is 2. The highest BCUT2D eigenvalue weighted by atomic mass is 35.5. The van der Waals surface area contributed by atoms with E-state index < -0.39 is 0 Å². The Morgan fingerprint density at radius 2 is 1.64 bits per heavy atom. The molecule has 0 aliphatic carbocycles. The molecule has 2 aromatic rings. The van der Waals surface area contributed by atoms with Gasteiger partial charge in [0, 0.05) is 51.5 Å². The standard InChI is InChI=1S/C21H26ClN5O/c22-18-5-1-2-6-19(18)25-13-15-27(16-14-25)21(28)24-17-8-11-26(12-9-17)20-7-3-4-10-23-20/h1-7,10,17H,8-9,11-16H2,(H,24,28). The fourth-order valence-corrected chi connectivity index (χ4v) is 4.17. The lowest BCUT2D eigenvalue weighted by Gasteiger charge is -2.38. The largest absolute Gasteiger partial charge is 0.367 e. The predicted molar refractivity (Wildman–Crippen MR) is 113 cm³/mol. The van der Waals surface area contributed by atoms with Gasteiger partial charge in [-0.1, -0.05) is 29.8 Å². The van der Waals surface area contributed by atoms with Crippen LogP contribution < -0.4 is 15.1 Å². The Morgan fingerprint density at radius 1 is 0.929 bits per heavy atom. The number of urea groups is 1. The van der Waals surface area contributed by atoms with Crippen molar-refractivity contribution in [1.29, 1.82) is 0 Å². The highest BCUT2D eigenvalue weighted by Crippen LogP contribution is 2.26. The monoisotopic (exact) mass is 399 g/mol. The van der Waals surface area contributed by atoms with Gasteiger partial charge in [0.25, 0.3) is 0 Å². The Labute approximate surface area is 171 Å². The summed E-state index contributed by atoms with van der Waals surface area (Å²) in [5.74, 6) is 1.02. The van der Waals surface area contributed by atoms with Gasteiger partial charge < -0.3 is 20.0 Å². The van der Waals surface area contributed by atoms with Gasteiger partial charge in [-0.05, 0) is 37.1 Å². The molecule has 148 valence electrons. The molecule has 3 heterocycles. The molecule has 0 radical (unpaired) electrons. The van der Waals surface area contributed by atoms with E-state index in [0.717, 1.165) is 55.5 Å². The van der Waals surface area contributed by atoms with Crippen LogP contribution in [-0.4, -0.2) is 61.2 Å². The van der Waals surface area contributed by atoms with Crippen LogP contribution in [0.25, 0.3) is 0 Å². The summed E-state index contributed by atoms with van der Waals surface area (Å²) in [6.07, 6.45) is 3.72. The average molecular weight is 400 g/mol. The summed E-state index contributed by atoms with van der Waals surface area (Å²) in [5.41, 5.74) is 1.05. The lowest BCUT2D eigenvalue weighted by Crippen LogP contribution is -2.55. The van der Waals surface area contributed by atoms with Crippen LogP contribution in [0, 0.1) is 0 Å². The van der Waals surface area contributed by atoms with E-state index in [1.807, 2.05) is 53.6 Å². The molecule has 0 saturated carbocycles. The topological polar surface area (TPSA) is 51.7 Å². The smallest absolute Gasteiger partial charge is 0.317 e. The van der Waals surface area contributed by atoms with Crippen molar-refractivity contribution in [3.05, 3.63) is 53.7 Å². The molecule has 2 aliphatic heterocycles. The minimum Gasteiger partial charge on any atom is -0.367 e. The number of aromatic nitrogens is 1. The average Bonchev–Trinajstić information content (AvgIpc) is 2.75. The number of piperidine rings is 1. The molecule has 4 rings (SSSR count). The molecular formula is C21H26ClN5O. The first-order valence-corrected chi connectivity index (χ1v) is 10.3. The third kappa shape index (κ3) is 4.33. The van der Waals surface area contributed by atoms with Crippen LogP contribution in [0.1, 0.15) is 12.8 Å². The quantitative estimate of drug-likeness (QED) is 0.860. The van der Waals surface area contributed by atoms with Crippen molar-refractivity contribution in [3.63, 3.8) is 0 Å². The molecule has 1 aromatic heterocycles. The van der Waals surface area contributed by atoms with E-state index in [2.05, 4.69) is 20.1 Å². The van der Waals surface area contributed by atoms with E-state index in [0.29, 0.717) is 13.1 Å². The van der Waals surface area contributed by atoms with Gasteiger partial charge in [-0.25, -0.2) is 9.78 Å². The Balaban J connectivity index is 1.24. The normalized spacial score (nSPS) is 18.2.